The first-order chi connectivity index (χ1) is 8.49. The first kappa shape index (κ1) is 13.0. The van der Waals surface area contributed by atoms with Gasteiger partial charge in [-0.15, -0.1) is 0 Å². The molecule has 18 heavy (non-hydrogen) atoms. The zero-order valence-electron chi connectivity index (χ0n) is 10.9. The number of likely N-dealkylation sites (N-methyl/N-ethyl adjacent to an activating group) is 1. The molecule has 100 valence electrons. The lowest BCUT2D eigenvalue weighted by atomic mass is 10.0. The van der Waals surface area contributed by atoms with Crippen LogP contribution in [0.15, 0.2) is 4.52 Å². The summed E-state index contributed by atoms with van der Waals surface area (Å²) in [6, 6.07) is 0. The van der Waals surface area contributed by atoms with Gasteiger partial charge in [-0.1, -0.05) is 5.16 Å². The number of carbonyl (C=O) groups excluding carboxylic acids is 1. The predicted molar refractivity (Wildman–Crippen MR) is 62.7 cm³/mol. The fraction of sp³-hybridized carbons (Fsp3) is 0.727. The first-order valence-corrected chi connectivity index (χ1v) is 5.89. The molecule has 1 aliphatic rings. The molecule has 1 aliphatic heterocycles. The van der Waals surface area contributed by atoms with Crippen molar-refractivity contribution < 1.29 is 14.1 Å². The molecule has 1 aromatic rings. The van der Waals surface area contributed by atoms with Gasteiger partial charge in [0.05, 0.1) is 13.2 Å². The Morgan fingerprint density at radius 3 is 3.00 bits per heavy atom. The maximum absolute atomic E-state index is 12.1. The minimum Gasteiger partial charge on any atom is -0.363 e. The van der Waals surface area contributed by atoms with Crippen molar-refractivity contribution in [3.05, 3.63) is 11.7 Å². The molecule has 1 amide bonds. The monoisotopic (exact) mass is 254 g/mol. The van der Waals surface area contributed by atoms with Gasteiger partial charge in [-0.3, -0.25) is 4.79 Å². The quantitative estimate of drug-likeness (QED) is 0.798. The molecule has 2 heterocycles. The van der Waals surface area contributed by atoms with Crippen molar-refractivity contribution in [3.8, 4) is 0 Å². The van der Waals surface area contributed by atoms with E-state index in [-0.39, 0.29) is 12.5 Å². The number of morpholine rings is 1. The lowest BCUT2D eigenvalue weighted by Crippen LogP contribution is -2.57. The van der Waals surface area contributed by atoms with E-state index in [0.717, 1.165) is 6.54 Å². The van der Waals surface area contributed by atoms with Crippen LogP contribution in [0.5, 0.6) is 0 Å². The first-order valence-electron chi connectivity index (χ1n) is 5.89. The van der Waals surface area contributed by atoms with Gasteiger partial charge in [0.15, 0.2) is 11.4 Å². The molecule has 1 atom stereocenters. The maximum Gasteiger partial charge on any atom is 0.253 e. The molecule has 0 aliphatic carbocycles. The minimum atomic E-state index is -0.817. The van der Waals surface area contributed by atoms with E-state index in [1.165, 1.54) is 0 Å². The number of rotatable bonds is 3. The van der Waals surface area contributed by atoms with Gasteiger partial charge in [-0.05, 0) is 20.9 Å². The summed E-state index contributed by atoms with van der Waals surface area (Å²) >= 11 is 0. The highest BCUT2D eigenvalue weighted by atomic mass is 16.5. The topological polar surface area (TPSA) is 80.5 Å². The van der Waals surface area contributed by atoms with Crippen molar-refractivity contribution in [1.82, 2.24) is 20.4 Å². The van der Waals surface area contributed by atoms with Gasteiger partial charge in [-0.2, -0.15) is 4.98 Å². The second kappa shape index (κ2) is 5.03. The Labute approximate surface area is 105 Å². The van der Waals surface area contributed by atoms with Crippen LogP contribution in [0.2, 0.25) is 0 Å². The predicted octanol–water partition coefficient (Wildman–Crippen LogP) is -0.285. The molecular weight excluding hydrogens is 236 g/mol. The Hall–Kier alpha value is -1.47. The van der Waals surface area contributed by atoms with Crippen molar-refractivity contribution in [3.63, 3.8) is 0 Å². The Balaban J connectivity index is 1.91. The van der Waals surface area contributed by atoms with Crippen LogP contribution in [-0.2, 0) is 16.1 Å². The van der Waals surface area contributed by atoms with Crippen LogP contribution < -0.4 is 5.32 Å². The van der Waals surface area contributed by atoms with Crippen molar-refractivity contribution >= 4 is 5.91 Å². The van der Waals surface area contributed by atoms with Crippen LogP contribution in [0.3, 0.4) is 0 Å². The molecule has 1 N–H and O–H groups in total. The second-order valence-electron chi connectivity index (χ2n) is 4.74. The van der Waals surface area contributed by atoms with E-state index in [2.05, 4.69) is 20.4 Å². The Morgan fingerprint density at radius 2 is 2.39 bits per heavy atom. The number of aryl methyl sites for hydroxylation is 1. The van der Waals surface area contributed by atoms with Crippen LogP contribution in [0.4, 0.5) is 0 Å². The van der Waals surface area contributed by atoms with Gasteiger partial charge < -0.3 is 19.5 Å². The number of hydrogen-bond donors (Lipinski definition) is 1. The molecule has 1 fully saturated rings. The fourth-order valence-electron chi connectivity index (χ4n) is 1.96. The van der Waals surface area contributed by atoms with E-state index in [9.17, 15) is 4.79 Å². The van der Waals surface area contributed by atoms with Gasteiger partial charge in [-0.25, -0.2) is 0 Å². The SMILES string of the molecule is Cc1noc(CNC(=O)[C@]2(C)CN(C)CCO2)n1. The lowest BCUT2D eigenvalue weighted by Gasteiger charge is -2.37. The average molecular weight is 254 g/mol. The third kappa shape index (κ3) is 2.85. The third-order valence-electron chi connectivity index (χ3n) is 2.92. The number of amides is 1. The number of carbonyl (C=O) groups is 1. The Bertz CT molecular complexity index is 434. The van der Waals surface area contributed by atoms with E-state index in [1.54, 1.807) is 13.8 Å². The minimum absolute atomic E-state index is 0.162. The maximum atomic E-state index is 12.1. The molecule has 7 nitrogen and oxygen atoms in total. The molecule has 0 aromatic carbocycles. The van der Waals surface area contributed by atoms with Crippen LogP contribution in [0, 0.1) is 6.92 Å². The zero-order chi connectivity index (χ0) is 13.2. The molecule has 0 unspecified atom stereocenters. The number of ether oxygens (including phenoxy) is 1. The highest BCUT2D eigenvalue weighted by molar-refractivity contribution is 5.85. The molecule has 1 saturated heterocycles. The van der Waals surface area contributed by atoms with E-state index in [4.69, 9.17) is 9.26 Å². The Morgan fingerprint density at radius 1 is 1.61 bits per heavy atom. The fourth-order valence-corrected chi connectivity index (χ4v) is 1.96. The van der Waals surface area contributed by atoms with Crippen molar-refractivity contribution in [2.45, 2.75) is 26.0 Å². The standard InChI is InChI=1S/C11H18N4O3/c1-8-13-9(18-14-8)6-12-10(16)11(2)7-15(3)4-5-17-11/h4-7H2,1-3H3,(H,12,16)/t11-/m0/s1. The summed E-state index contributed by atoms with van der Waals surface area (Å²) < 4.78 is 10.5. The van der Waals surface area contributed by atoms with Crippen LogP contribution >= 0.6 is 0 Å². The summed E-state index contributed by atoms with van der Waals surface area (Å²) in [7, 11) is 1.97. The lowest BCUT2D eigenvalue weighted by molar-refractivity contribution is -0.155. The van der Waals surface area contributed by atoms with Crippen molar-refractivity contribution in [1.29, 1.82) is 0 Å². The van der Waals surface area contributed by atoms with Gasteiger partial charge >= 0.3 is 0 Å². The van der Waals surface area contributed by atoms with Gasteiger partial charge in [0.25, 0.3) is 5.91 Å². The summed E-state index contributed by atoms with van der Waals surface area (Å²) in [6.45, 7) is 5.71. The van der Waals surface area contributed by atoms with Crippen molar-refractivity contribution in [2.75, 3.05) is 26.7 Å². The largest absolute Gasteiger partial charge is 0.363 e. The summed E-state index contributed by atoms with van der Waals surface area (Å²) in [4.78, 5) is 18.2. The average Bonchev–Trinajstić information content (AvgIpc) is 2.71. The highest BCUT2D eigenvalue weighted by Gasteiger charge is 2.38. The normalized spacial score (nSPS) is 25.1. The number of aromatic nitrogens is 2. The number of nitrogens with zero attached hydrogens (tertiary/aromatic N) is 3. The zero-order valence-corrected chi connectivity index (χ0v) is 10.9. The molecule has 7 heteroatoms. The molecule has 0 radical (unpaired) electrons. The van der Waals surface area contributed by atoms with Gasteiger partial charge in [0.1, 0.15) is 0 Å². The van der Waals surface area contributed by atoms with E-state index < -0.39 is 5.60 Å². The number of hydrogen-bond acceptors (Lipinski definition) is 6. The third-order valence-corrected chi connectivity index (χ3v) is 2.92. The van der Waals surface area contributed by atoms with Gasteiger partial charge in [0, 0.05) is 13.1 Å². The summed E-state index contributed by atoms with van der Waals surface area (Å²) in [5, 5.41) is 6.42. The molecule has 2 rings (SSSR count). The molecule has 0 saturated carbocycles. The summed E-state index contributed by atoms with van der Waals surface area (Å²) in [5.74, 6) is 0.789. The van der Waals surface area contributed by atoms with Crippen LogP contribution in [-0.4, -0.2) is 53.3 Å². The summed E-state index contributed by atoms with van der Waals surface area (Å²) in [5.41, 5.74) is -0.817. The van der Waals surface area contributed by atoms with Crippen LogP contribution in [0.25, 0.3) is 0 Å². The summed E-state index contributed by atoms with van der Waals surface area (Å²) in [6.07, 6.45) is 0. The van der Waals surface area contributed by atoms with E-state index >= 15 is 0 Å². The second-order valence-corrected chi connectivity index (χ2v) is 4.74. The van der Waals surface area contributed by atoms with Gasteiger partial charge in [0.2, 0.25) is 5.89 Å². The molecule has 0 spiro atoms. The molecular formula is C11H18N4O3. The van der Waals surface area contributed by atoms with Crippen LogP contribution in [0.1, 0.15) is 18.6 Å². The smallest absolute Gasteiger partial charge is 0.253 e. The number of nitrogens with one attached hydrogen (secondary N) is 1. The highest BCUT2D eigenvalue weighted by Crippen LogP contribution is 2.16. The molecule has 1 aromatic heterocycles. The Kier molecular flexibility index (Phi) is 3.63. The molecule has 0 bridgehead atoms. The van der Waals surface area contributed by atoms with Crippen molar-refractivity contribution in [2.24, 2.45) is 0 Å². The van der Waals surface area contributed by atoms with E-state index in [0.29, 0.717) is 24.9 Å². The van der Waals surface area contributed by atoms with E-state index in [1.807, 2.05) is 7.05 Å².